The van der Waals surface area contributed by atoms with Crippen LogP contribution in [0.3, 0.4) is 0 Å². The van der Waals surface area contributed by atoms with Gasteiger partial charge in [-0.1, -0.05) is 54.1 Å². The largest absolute Gasteiger partial charge is 0.322 e. The summed E-state index contributed by atoms with van der Waals surface area (Å²) in [6, 6.07) is 27.5. The van der Waals surface area contributed by atoms with E-state index >= 15 is 0 Å². The molecule has 1 amide bonds. The quantitative estimate of drug-likeness (QED) is 0.173. The van der Waals surface area contributed by atoms with Crippen molar-refractivity contribution in [2.45, 2.75) is 23.6 Å². The second kappa shape index (κ2) is 11.5. The fourth-order valence-electron chi connectivity index (χ4n) is 4.30. The molecule has 0 radical (unpaired) electrons. The number of rotatable bonds is 8. The summed E-state index contributed by atoms with van der Waals surface area (Å²) in [5.74, 6) is -0.598. The average molecular weight is 620 g/mol. The minimum Gasteiger partial charge on any atom is -0.322 e. The lowest BCUT2D eigenvalue weighted by molar-refractivity contribution is 0.102. The Balaban J connectivity index is 1.32. The van der Waals surface area contributed by atoms with Gasteiger partial charge in [0.15, 0.2) is 0 Å². The van der Waals surface area contributed by atoms with Gasteiger partial charge >= 0.3 is 0 Å². The lowest BCUT2D eigenvalue weighted by Gasteiger charge is -2.13. The zero-order valence-corrected chi connectivity index (χ0v) is 24.9. The summed E-state index contributed by atoms with van der Waals surface area (Å²) < 4.78 is 57.4. The first kappa shape index (κ1) is 29.1. The Labute approximate surface area is 249 Å². The number of hydrogen-bond acceptors (Lipinski definition) is 5. The monoisotopic (exact) mass is 619 g/mol. The van der Waals surface area contributed by atoms with E-state index in [9.17, 15) is 21.6 Å². The molecule has 0 bridgehead atoms. The SMILES string of the molecule is Cc1ccc(NS(=O)(=O)c2cc(C(=O)Nc3ccc(S(=O)(=O)Nc4cccc5ccccc45)cc3)ccc2Cl)cc1C. The number of benzene rings is 5. The van der Waals surface area contributed by atoms with Crippen LogP contribution in [0.2, 0.25) is 5.02 Å². The molecule has 5 aromatic rings. The fraction of sp³-hybridized carbons (Fsp3) is 0.0645. The summed E-state index contributed by atoms with van der Waals surface area (Å²) >= 11 is 6.20. The number of nitrogens with one attached hydrogen (secondary N) is 3. The summed E-state index contributed by atoms with van der Waals surface area (Å²) in [5.41, 5.74) is 3.12. The smallest absolute Gasteiger partial charge is 0.263 e. The van der Waals surface area contributed by atoms with Gasteiger partial charge in [-0.05, 0) is 91.0 Å². The van der Waals surface area contributed by atoms with Crippen LogP contribution in [0.15, 0.2) is 113 Å². The van der Waals surface area contributed by atoms with E-state index in [2.05, 4.69) is 14.8 Å². The molecule has 0 fully saturated rings. The van der Waals surface area contributed by atoms with Crippen molar-refractivity contribution >= 4 is 65.4 Å². The van der Waals surface area contributed by atoms with Gasteiger partial charge in [0.1, 0.15) is 4.90 Å². The highest BCUT2D eigenvalue weighted by Gasteiger charge is 2.21. The number of amides is 1. The maximum Gasteiger partial charge on any atom is 0.263 e. The van der Waals surface area contributed by atoms with E-state index in [1.807, 2.05) is 44.2 Å². The topological polar surface area (TPSA) is 121 Å². The number of fused-ring (bicyclic) bond motifs is 1. The molecule has 0 unspecified atom stereocenters. The van der Waals surface area contributed by atoms with Crippen LogP contribution in [0.5, 0.6) is 0 Å². The number of halogens is 1. The fourth-order valence-corrected chi connectivity index (χ4v) is 6.96. The van der Waals surface area contributed by atoms with Crippen molar-refractivity contribution in [1.82, 2.24) is 0 Å². The van der Waals surface area contributed by atoms with Crippen LogP contribution in [0.4, 0.5) is 17.1 Å². The highest BCUT2D eigenvalue weighted by Crippen LogP contribution is 2.28. The Morgan fingerprint density at radius 1 is 0.667 bits per heavy atom. The van der Waals surface area contributed by atoms with Crippen LogP contribution in [-0.2, 0) is 20.0 Å². The number of carbonyl (C=O) groups excluding carboxylic acids is 1. The molecule has 214 valence electrons. The van der Waals surface area contributed by atoms with Gasteiger partial charge in [-0.15, -0.1) is 0 Å². The van der Waals surface area contributed by atoms with Gasteiger partial charge in [-0.2, -0.15) is 0 Å². The summed E-state index contributed by atoms with van der Waals surface area (Å²) in [7, 11) is -8.01. The van der Waals surface area contributed by atoms with Crippen LogP contribution in [0.1, 0.15) is 21.5 Å². The van der Waals surface area contributed by atoms with E-state index in [0.29, 0.717) is 17.1 Å². The van der Waals surface area contributed by atoms with Gasteiger partial charge in [0.2, 0.25) is 0 Å². The maximum atomic E-state index is 13.1. The predicted molar refractivity (Wildman–Crippen MR) is 167 cm³/mol. The third-order valence-electron chi connectivity index (χ3n) is 6.70. The Bertz CT molecular complexity index is 2040. The molecule has 0 aromatic heterocycles. The predicted octanol–water partition coefficient (Wildman–Crippen LogP) is 6.96. The van der Waals surface area contributed by atoms with Gasteiger partial charge in [-0.3, -0.25) is 14.2 Å². The van der Waals surface area contributed by atoms with E-state index in [0.717, 1.165) is 21.9 Å². The van der Waals surface area contributed by atoms with Crippen molar-refractivity contribution in [3.05, 3.63) is 125 Å². The second-order valence-electron chi connectivity index (χ2n) is 9.66. The molecule has 11 heteroatoms. The molecule has 0 saturated heterocycles. The van der Waals surface area contributed by atoms with E-state index in [1.165, 1.54) is 42.5 Å². The third kappa shape index (κ3) is 6.25. The van der Waals surface area contributed by atoms with E-state index in [1.54, 1.807) is 30.3 Å². The summed E-state index contributed by atoms with van der Waals surface area (Å²) in [6.45, 7) is 3.79. The van der Waals surface area contributed by atoms with E-state index in [-0.39, 0.29) is 20.4 Å². The van der Waals surface area contributed by atoms with Gasteiger partial charge in [0.05, 0.1) is 15.6 Å². The standard InChI is InChI=1S/C31H26ClN3O5S2/c1-20-10-12-25(18-21(20)2)34-42(39,40)30-19-23(11-17-28(30)32)31(36)33-24-13-15-26(16-14-24)41(37,38)35-29-9-5-7-22-6-3-4-8-27(22)29/h3-19,34-35H,1-2H3,(H,33,36). The molecule has 8 nitrogen and oxygen atoms in total. The van der Waals surface area contributed by atoms with Crippen molar-refractivity contribution in [1.29, 1.82) is 0 Å². The van der Waals surface area contributed by atoms with Crippen molar-refractivity contribution in [2.75, 3.05) is 14.8 Å². The normalized spacial score (nSPS) is 11.7. The first-order chi connectivity index (χ1) is 19.9. The zero-order chi connectivity index (χ0) is 30.1. The highest BCUT2D eigenvalue weighted by atomic mass is 35.5. The highest BCUT2D eigenvalue weighted by molar-refractivity contribution is 7.93. The molecule has 5 aromatic carbocycles. The van der Waals surface area contributed by atoms with Gasteiger partial charge < -0.3 is 5.32 Å². The number of sulfonamides is 2. The van der Waals surface area contributed by atoms with Crippen molar-refractivity contribution in [2.24, 2.45) is 0 Å². The van der Waals surface area contributed by atoms with Crippen molar-refractivity contribution in [3.63, 3.8) is 0 Å². The van der Waals surface area contributed by atoms with Crippen LogP contribution >= 0.6 is 11.6 Å². The molecular weight excluding hydrogens is 594 g/mol. The third-order valence-corrected chi connectivity index (χ3v) is 9.94. The lowest BCUT2D eigenvalue weighted by Crippen LogP contribution is -2.17. The average Bonchev–Trinajstić information content (AvgIpc) is 2.95. The molecule has 5 rings (SSSR count). The Morgan fingerprint density at radius 3 is 2.10 bits per heavy atom. The van der Waals surface area contributed by atoms with Crippen LogP contribution < -0.4 is 14.8 Å². The molecule has 0 aliphatic rings. The van der Waals surface area contributed by atoms with E-state index in [4.69, 9.17) is 11.6 Å². The molecule has 0 aliphatic carbocycles. The summed E-state index contributed by atoms with van der Waals surface area (Å²) in [5, 5.41) is 4.28. The molecular formula is C31H26ClN3O5S2. The maximum absolute atomic E-state index is 13.1. The molecule has 42 heavy (non-hydrogen) atoms. The van der Waals surface area contributed by atoms with Gasteiger partial charge in [-0.25, -0.2) is 16.8 Å². The number of carbonyl (C=O) groups is 1. The minimum atomic E-state index is -4.10. The molecule has 0 heterocycles. The number of anilines is 3. The Morgan fingerprint density at radius 2 is 1.36 bits per heavy atom. The van der Waals surface area contributed by atoms with Crippen LogP contribution in [-0.4, -0.2) is 22.7 Å². The Kier molecular flexibility index (Phi) is 7.96. The van der Waals surface area contributed by atoms with Crippen LogP contribution in [0.25, 0.3) is 10.8 Å². The number of aryl methyl sites for hydroxylation is 2. The van der Waals surface area contributed by atoms with Gasteiger partial charge in [0.25, 0.3) is 26.0 Å². The summed E-state index contributed by atoms with van der Waals surface area (Å²) in [6.07, 6.45) is 0. The zero-order valence-electron chi connectivity index (χ0n) is 22.6. The van der Waals surface area contributed by atoms with Crippen LogP contribution in [0, 0.1) is 13.8 Å². The number of hydrogen-bond donors (Lipinski definition) is 3. The molecule has 0 aliphatic heterocycles. The molecule has 3 N–H and O–H groups in total. The Hall–Kier alpha value is -4.38. The molecule has 0 atom stereocenters. The van der Waals surface area contributed by atoms with Gasteiger partial charge in [0, 0.05) is 22.3 Å². The van der Waals surface area contributed by atoms with Crippen molar-refractivity contribution in [3.8, 4) is 0 Å². The molecule has 0 saturated carbocycles. The summed E-state index contributed by atoms with van der Waals surface area (Å²) in [4.78, 5) is 12.7. The molecule has 0 spiro atoms. The lowest BCUT2D eigenvalue weighted by atomic mass is 10.1. The van der Waals surface area contributed by atoms with E-state index < -0.39 is 26.0 Å². The second-order valence-corrected chi connectivity index (χ2v) is 13.4. The minimum absolute atomic E-state index is 0.00530. The van der Waals surface area contributed by atoms with Crippen molar-refractivity contribution < 1.29 is 21.6 Å². The first-order valence-corrected chi connectivity index (χ1v) is 16.1. The first-order valence-electron chi connectivity index (χ1n) is 12.7.